The molecule has 0 bridgehead atoms. The number of amides is 3. The fraction of sp³-hybridized carbons (Fsp3) is 0.132. The number of nitrogens with zero attached hydrogens (tertiary/aromatic N) is 1. The van der Waals surface area contributed by atoms with Crippen LogP contribution in [0.4, 0.5) is 11.4 Å². The van der Waals surface area contributed by atoms with Crippen LogP contribution in [0.2, 0.25) is 0 Å². The first-order valence-electron chi connectivity index (χ1n) is 15.1. The van der Waals surface area contributed by atoms with Crippen LogP contribution >= 0.6 is 11.8 Å². The molecule has 9 heteroatoms. The Hall–Kier alpha value is -5.54. The predicted molar refractivity (Wildman–Crippen MR) is 185 cm³/mol. The van der Waals surface area contributed by atoms with Crippen molar-refractivity contribution in [1.29, 1.82) is 0 Å². The van der Waals surface area contributed by atoms with Crippen molar-refractivity contribution in [3.05, 3.63) is 138 Å². The van der Waals surface area contributed by atoms with Crippen LogP contribution in [0.5, 0.6) is 5.75 Å². The molecule has 236 valence electrons. The minimum Gasteiger partial charge on any atom is -0.496 e. The van der Waals surface area contributed by atoms with E-state index in [-0.39, 0.29) is 17.6 Å². The van der Waals surface area contributed by atoms with E-state index in [4.69, 9.17) is 9.15 Å². The first-order chi connectivity index (χ1) is 22.9. The molecule has 1 aliphatic heterocycles. The number of fused-ring (bicyclic) bond motifs is 1. The molecule has 0 unspecified atom stereocenters. The predicted octanol–water partition coefficient (Wildman–Crippen LogP) is 7.43. The average Bonchev–Trinajstić information content (AvgIpc) is 3.71. The zero-order chi connectivity index (χ0) is 32.8. The Kier molecular flexibility index (Phi) is 9.54. The minimum atomic E-state index is -0.526. The lowest BCUT2D eigenvalue weighted by Gasteiger charge is -2.22. The SMILES string of the molecule is COc1ccccc1-c1ccc(/C=C(/NC(=O)c2ccccc2)C(=O)Nc2ccc(SCC(=O)N3c4ccccc4C[C@H]3C)cc2)o1. The van der Waals surface area contributed by atoms with E-state index < -0.39 is 11.8 Å². The number of furan rings is 1. The van der Waals surface area contributed by atoms with Crippen molar-refractivity contribution in [1.82, 2.24) is 5.32 Å². The van der Waals surface area contributed by atoms with E-state index in [1.54, 1.807) is 55.6 Å². The molecule has 4 aromatic carbocycles. The highest BCUT2D eigenvalue weighted by molar-refractivity contribution is 8.00. The third-order valence-electron chi connectivity index (χ3n) is 7.77. The second-order valence-corrected chi connectivity index (χ2v) is 12.0. The van der Waals surface area contributed by atoms with E-state index >= 15 is 0 Å². The fourth-order valence-corrected chi connectivity index (χ4v) is 6.26. The molecule has 6 rings (SSSR count). The van der Waals surface area contributed by atoms with Crippen LogP contribution in [0.3, 0.4) is 0 Å². The number of hydrogen-bond acceptors (Lipinski definition) is 6. The van der Waals surface area contributed by atoms with Gasteiger partial charge in [-0.3, -0.25) is 14.4 Å². The number of carbonyl (C=O) groups is 3. The molecule has 0 saturated heterocycles. The van der Waals surface area contributed by atoms with Gasteiger partial charge in [0, 0.05) is 34.0 Å². The molecule has 5 aromatic rings. The zero-order valence-electron chi connectivity index (χ0n) is 25.9. The third kappa shape index (κ3) is 7.31. The maximum Gasteiger partial charge on any atom is 0.272 e. The van der Waals surface area contributed by atoms with E-state index in [9.17, 15) is 14.4 Å². The fourth-order valence-electron chi connectivity index (χ4n) is 5.50. The van der Waals surface area contributed by atoms with Gasteiger partial charge < -0.3 is 24.7 Å². The highest BCUT2D eigenvalue weighted by Gasteiger charge is 2.30. The summed E-state index contributed by atoms with van der Waals surface area (Å²) in [5.41, 5.74) is 3.87. The molecule has 0 spiro atoms. The molecule has 0 saturated carbocycles. The van der Waals surface area contributed by atoms with Crippen molar-refractivity contribution in [2.75, 3.05) is 23.1 Å². The number of para-hydroxylation sites is 2. The molecule has 0 radical (unpaired) electrons. The van der Waals surface area contributed by atoms with E-state index in [1.807, 2.05) is 65.6 Å². The Balaban J connectivity index is 1.15. The van der Waals surface area contributed by atoms with Gasteiger partial charge in [-0.25, -0.2) is 0 Å². The van der Waals surface area contributed by atoms with Crippen LogP contribution in [0.15, 0.2) is 130 Å². The maximum atomic E-state index is 13.5. The number of benzene rings is 4. The molecule has 2 heterocycles. The smallest absolute Gasteiger partial charge is 0.272 e. The lowest BCUT2D eigenvalue weighted by Crippen LogP contribution is -2.36. The summed E-state index contributed by atoms with van der Waals surface area (Å²) in [5, 5.41) is 5.60. The Morgan fingerprint density at radius 2 is 1.62 bits per heavy atom. The first kappa shape index (κ1) is 31.4. The number of rotatable bonds is 10. The Morgan fingerprint density at radius 1 is 0.894 bits per heavy atom. The molecule has 3 amide bonds. The topological polar surface area (TPSA) is 101 Å². The van der Waals surface area contributed by atoms with E-state index in [2.05, 4.69) is 23.6 Å². The number of hydrogen-bond donors (Lipinski definition) is 2. The van der Waals surface area contributed by atoms with E-state index in [1.165, 1.54) is 23.4 Å². The Morgan fingerprint density at radius 3 is 2.40 bits per heavy atom. The van der Waals surface area contributed by atoms with Gasteiger partial charge in [-0.15, -0.1) is 11.8 Å². The monoisotopic (exact) mass is 643 g/mol. The van der Waals surface area contributed by atoms with Crippen molar-refractivity contribution in [3.8, 4) is 17.1 Å². The number of ether oxygens (including phenoxy) is 1. The summed E-state index contributed by atoms with van der Waals surface area (Å²) in [6.07, 6.45) is 2.34. The summed E-state index contributed by atoms with van der Waals surface area (Å²) in [4.78, 5) is 42.5. The highest BCUT2D eigenvalue weighted by Crippen LogP contribution is 2.34. The zero-order valence-corrected chi connectivity index (χ0v) is 26.8. The number of carbonyl (C=O) groups excluding carboxylic acids is 3. The average molecular weight is 644 g/mol. The van der Waals surface area contributed by atoms with Crippen LogP contribution < -0.4 is 20.3 Å². The summed E-state index contributed by atoms with van der Waals surface area (Å²) in [7, 11) is 1.59. The molecule has 0 fully saturated rings. The first-order valence-corrected chi connectivity index (χ1v) is 16.1. The van der Waals surface area contributed by atoms with Gasteiger partial charge in [0.15, 0.2) is 0 Å². The summed E-state index contributed by atoms with van der Waals surface area (Å²) < 4.78 is 11.5. The van der Waals surface area contributed by atoms with Crippen LogP contribution in [-0.4, -0.2) is 36.6 Å². The third-order valence-corrected chi connectivity index (χ3v) is 8.76. The number of anilines is 2. The van der Waals surface area contributed by atoms with Crippen molar-refractivity contribution < 1.29 is 23.5 Å². The Labute approximate surface area is 277 Å². The van der Waals surface area contributed by atoms with Gasteiger partial charge in [-0.2, -0.15) is 0 Å². The normalized spacial score (nSPS) is 14.0. The standard InChI is InChI=1S/C38H33N3O5S/c1-25-22-27-12-6-8-14-33(27)41(25)36(42)24-47-30-19-16-28(17-20-30)39-38(44)32(40-37(43)26-10-4-3-5-11-26)23-29-18-21-35(46-29)31-13-7-9-15-34(31)45-2/h3-21,23,25H,22,24H2,1-2H3,(H,39,44)(H,40,43)/b32-23+/t25-/m1/s1. The number of thioether (sulfide) groups is 1. The minimum absolute atomic E-state index is 0.00356. The van der Waals surface area contributed by atoms with Crippen LogP contribution in [0.25, 0.3) is 17.4 Å². The molecule has 0 aliphatic carbocycles. The van der Waals surface area contributed by atoms with Gasteiger partial charge in [-0.1, -0.05) is 48.5 Å². The van der Waals surface area contributed by atoms with Crippen molar-refractivity contribution in [2.45, 2.75) is 24.3 Å². The lowest BCUT2D eigenvalue weighted by atomic mass is 10.1. The van der Waals surface area contributed by atoms with Gasteiger partial charge in [0.25, 0.3) is 11.8 Å². The molecule has 1 aromatic heterocycles. The molecular formula is C38H33N3O5S. The quantitative estimate of drug-likeness (QED) is 0.121. The molecule has 2 N–H and O–H groups in total. The van der Waals surface area contributed by atoms with Crippen molar-refractivity contribution >= 4 is 46.9 Å². The summed E-state index contributed by atoms with van der Waals surface area (Å²) in [6.45, 7) is 2.07. The van der Waals surface area contributed by atoms with Gasteiger partial charge in [0.05, 0.1) is 18.4 Å². The molecule has 47 heavy (non-hydrogen) atoms. The van der Waals surface area contributed by atoms with Crippen molar-refractivity contribution in [3.63, 3.8) is 0 Å². The number of nitrogens with one attached hydrogen (secondary N) is 2. The van der Waals surface area contributed by atoms with Gasteiger partial charge >= 0.3 is 0 Å². The van der Waals surface area contributed by atoms with E-state index in [0.29, 0.717) is 34.3 Å². The van der Waals surface area contributed by atoms with Crippen molar-refractivity contribution in [2.24, 2.45) is 0 Å². The van der Waals surface area contributed by atoms with E-state index in [0.717, 1.165) is 22.6 Å². The Bertz CT molecular complexity index is 1930. The lowest BCUT2D eigenvalue weighted by molar-refractivity contribution is -0.116. The summed E-state index contributed by atoms with van der Waals surface area (Å²) in [5.74, 6) is 0.961. The maximum absolute atomic E-state index is 13.5. The van der Waals surface area contributed by atoms with Crippen LogP contribution in [0.1, 0.15) is 28.6 Å². The number of methoxy groups -OCH3 is 1. The summed E-state index contributed by atoms with van der Waals surface area (Å²) in [6, 6.07) is 35.0. The van der Waals surface area contributed by atoms with Crippen LogP contribution in [0, 0.1) is 0 Å². The molecule has 8 nitrogen and oxygen atoms in total. The molecular weight excluding hydrogens is 611 g/mol. The summed E-state index contributed by atoms with van der Waals surface area (Å²) >= 11 is 1.44. The second kappa shape index (κ2) is 14.3. The van der Waals surface area contributed by atoms with Crippen LogP contribution in [-0.2, 0) is 16.0 Å². The molecule has 1 atom stereocenters. The van der Waals surface area contributed by atoms with Gasteiger partial charge in [0.1, 0.15) is 23.0 Å². The largest absolute Gasteiger partial charge is 0.496 e. The highest BCUT2D eigenvalue weighted by atomic mass is 32.2. The van der Waals surface area contributed by atoms with Gasteiger partial charge in [0.2, 0.25) is 5.91 Å². The molecule has 1 aliphatic rings. The second-order valence-electron chi connectivity index (χ2n) is 11.0. The van der Waals surface area contributed by atoms with Gasteiger partial charge in [-0.05, 0) is 85.6 Å².